The fourth-order valence-corrected chi connectivity index (χ4v) is 4.05. The van der Waals surface area contributed by atoms with Crippen LogP contribution in [0.25, 0.3) is 0 Å². The number of pyridine rings is 1. The second-order valence-corrected chi connectivity index (χ2v) is 6.95. The normalized spacial score (nSPS) is 17.6. The third-order valence-corrected chi connectivity index (χ3v) is 5.33. The van der Waals surface area contributed by atoms with E-state index < -0.39 is 0 Å². The fraction of sp³-hybridized carbons (Fsp3) is 0.688. The van der Waals surface area contributed by atoms with Gasteiger partial charge in [0.05, 0.1) is 18.8 Å². The molecule has 1 atom stereocenters. The third kappa shape index (κ3) is 5.49. The first-order valence-corrected chi connectivity index (χ1v) is 9.03. The van der Waals surface area contributed by atoms with Gasteiger partial charge < -0.3 is 4.74 Å². The van der Waals surface area contributed by atoms with Crippen molar-refractivity contribution >= 4 is 11.8 Å². The average Bonchev–Trinajstić information content (AvgIpc) is 2.55. The summed E-state index contributed by atoms with van der Waals surface area (Å²) >= 11 is 2.04. The number of aromatic nitrogens is 1. The molecule has 0 aromatic carbocycles. The molecule has 2 rings (SSSR count). The molecule has 1 saturated carbocycles. The van der Waals surface area contributed by atoms with Crippen molar-refractivity contribution < 1.29 is 4.74 Å². The zero-order valence-electron chi connectivity index (χ0n) is 12.9. The first-order valence-electron chi connectivity index (χ1n) is 7.99. The molecule has 1 heterocycles. The highest BCUT2D eigenvalue weighted by Gasteiger charge is 2.17. The van der Waals surface area contributed by atoms with Gasteiger partial charge in [0, 0.05) is 17.2 Å². The maximum absolute atomic E-state index is 5.74. The van der Waals surface area contributed by atoms with Crippen LogP contribution in [0.5, 0.6) is 5.75 Å². The number of nitrogens with zero attached hydrogens (tertiary/aromatic N) is 1. The molecule has 1 fully saturated rings. The SMILES string of the molecule is CCCOc1cncc(C(CSC2CCCCC2)NN)c1. The lowest BCUT2D eigenvalue weighted by Gasteiger charge is -2.24. The van der Waals surface area contributed by atoms with Gasteiger partial charge in [-0.2, -0.15) is 11.8 Å². The van der Waals surface area contributed by atoms with Crippen LogP contribution in [0.4, 0.5) is 0 Å². The van der Waals surface area contributed by atoms with Crippen LogP contribution in [-0.2, 0) is 0 Å². The van der Waals surface area contributed by atoms with Crippen LogP contribution in [0.3, 0.4) is 0 Å². The average molecular weight is 309 g/mol. The van der Waals surface area contributed by atoms with Crippen molar-refractivity contribution in [3.63, 3.8) is 0 Å². The Labute approximate surface area is 132 Å². The molecule has 1 aromatic heterocycles. The van der Waals surface area contributed by atoms with E-state index in [0.29, 0.717) is 0 Å². The zero-order valence-corrected chi connectivity index (χ0v) is 13.7. The maximum Gasteiger partial charge on any atom is 0.137 e. The van der Waals surface area contributed by atoms with Gasteiger partial charge in [-0.25, -0.2) is 0 Å². The van der Waals surface area contributed by atoms with Gasteiger partial charge in [0.15, 0.2) is 0 Å². The van der Waals surface area contributed by atoms with Crippen LogP contribution in [-0.4, -0.2) is 22.6 Å². The molecule has 0 aliphatic heterocycles. The predicted molar refractivity (Wildman–Crippen MR) is 89.4 cm³/mol. The van der Waals surface area contributed by atoms with E-state index >= 15 is 0 Å². The molecule has 0 spiro atoms. The Kier molecular flexibility index (Phi) is 7.33. The lowest BCUT2D eigenvalue weighted by molar-refractivity contribution is 0.315. The second-order valence-electron chi connectivity index (χ2n) is 5.62. The van der Waals surface area contributed by atoms with Gasteiger partial charge in [-0.15, -0.1) is 0 Å². The molecule has 0 radical (unpaired) electrons. The number of hydrogen-bond acceptors (Lipinski definition) is 5. The van der Waals surface area contributed by atoms with Crippen LogP contribution in [0.1, 0.15) is 57.1 Å². The standard InChI is InChI=1S/C16H27N3OS/c1-2-8-20-14-9-13(10-18-11-14)16(19-17)12-21-15-6-4-3-5-7-15/h9-11,15-16,19H,2-8,12,17H2,1H3. The minimum absolute atomic E-state index is 0.134. The smallest absolute Gasteiger partial charge is 0.137 e. The van der Waals surface area contributed by atoms with E-state index in [-0.39, 0.29) is 6.04 Å². The Hall–Kier alpha value is -0.780. The summed E-state index contributed by atoms with van der Waals surface area (Å²) in [6.45, 7) is 2.82. The van der Waals surface area contributed by atoms with Gasteiger partial charge in [-0.05, 0) is 30.9 Å². The van der Waals surface area contributed by atoms with Gasteiger partial charge >= 0.3 is 0 Å². The number of nitrogens with two attached hydrogens (primary N) is 1. The molecule has 21 heavy (non-hydrogen) atoms. The van der Waals surface area contributed by atoms with Crippen molar-refractivity contribution in [3.8, 4) is 5.75 Å². The molecular weight excluding hydrogens is 282 g/mol. The van der Waals surface area contributed by atoms with E-state index in [0.717, 1.165) is 35.3 Å². The second kappa shape index (κ2) is 9.28. The summed E-state index contributed by atoms with van der Waals surface area (Å²) in [5.41, 5.74) is 4.03. The van der Waals surface area contributed by atoms with E-state index in [4.69, 9.17) is 10.6 Å². The van der Waals surface area contributed by atoms with E-state index in [1.54, 1.807) is 6.20 Å². The van der Waals surface area contributed by atoms with Crippen molar-refractivity contribution in [2.75, 3.05) is 12.4 Å². The fourth-order valence-electron chi connectivity index (χ4n) is 2.63. The summed E-state index contributed by atoms with van der Waals surface area (Å²) in [4.78, 5) is 4.27. The number of nitrogens with one attached hydrogen (secondary N) is 1. The zero-order chi connectivity index (χ0) is 14.9. The van der Waals surface area contributed by atoms with Crippen molar-refractivity contribution in [1.82, 2.24) is 10.4 Å². The molecule has 1 unspecified atom stereocenters. The summed E-state index contributed by atoms with van der Waals surface area (Å²) < 4.78 is 5.65. The largest absolute Gasteiger partial charge is 0.492 e. The maximum atomic E-state index is 5.74. The van der Waals surface area contributed by atoms with Gasteiger partial charge in [0.1, 0.15) is 5.75 Å². The predicted octanol–water partition coefficient (Wildman–Crippen LogP) is 3.44. The molecule has 1 aliphatic rings. The highest BCUT2D eigenvalue weighted by molar-refractivity contribution is 7.99. The van der Waals surface area contributed by atoms with Crippen LogP contribution in [0, 0.1) is 0 Å². The Bertz CT molecular complexity index is 410. The molecular formula is C16H27N3OS. The molecule has 118 valence electrons. The minimum atomic E-state index is 0.134. The Morgan fingerprint density at radius 3 is 2.90 bits per heavy atom. The number of rotatable bonds is 8. The van der Waals surface area contributed by atoms with Crippen LogP contribution >= 0.6 is 11.8 Å². The van der Waals surface area contributed by atoms with Gasteiger partial charge in [0.2, 0.25) is 0 Å². The van der Waals surface area contributed by atoms with E-state index in [2.05, 4.69) is 23.4 Å². The topological polar surface area (TPSA) is 60.2 Å². The highest BCUT2D eigenvalue weighted by Crippen LogP contribution is 2.31. The molecule has 0 amide bonds. The van der Waals surface area contributed by atoms with E-state index in [1.165, 1.54) is 32.1 Å². The molecule has 1 aromatic rings. The Morgan fingerprint density at radius 2 is 2.19 bits per heavy atom. The van der Waals surface area contributed by atoms with Crippen LogP contribution < -0.4 is 16.0 Å². The summed E-state index contributed by atoms with van der Waals surface area (Å²) in [5, 5.41) is 0.794. The monoisotopic (exact) mass is 309 g/mol. The molecule has 4 nitrogen and oxygen atoms in total. The van der Waals surface area contributed by atoms with E-state index in [9.17, 15) is 0 Å². The number of ether oxygens (including phenoxy) is 1. The summed E-state index contributed by atoms with van der Waals surface area (Å²) in [7, 11) is 0. The Morgan fingerprint density at radius 1 is 1.38 bits per heavy atom. The molecule has 5 heteroatoms. The molecule has 3 N–H and O–H groups in total. The summed E-state index contributed by atoms with van der Waals surface area (Å²) in [6, 6.07) is 2.18. The van der Waals surface area contributed by atoms with Crippen LogP contribution in [0.2, 0.25) is 0 Å². The quantitative estimate of drug-likeness (QED) is 0.569. The van der Waals surface area contributed by atoms with Crippen molar-refractivity contribution in [1.29, 1.82) is 0 Å². The molecule has 0 bridgehead atoms. The van der Waals surface area contributed by atoms with Crippen LogP contribution in [0.15, 0.2) is 18.5 Å². The Balaban J connectivity index is 1.89. The van der Waals surface area contributed by atoms with Crippen molar-refractivity contribution in [3.05, 3.63) is 24.0 Å². The lowest BCUT2D eigenvalue weighted by atomic mass is 10.0. The highest BCUT2D eigenvalue weighted by atomic mass is 32.2. The number of hydrogen-bond donors (Lipinski definition) is 2. The van der Waals surface area contributed by atoms with Gasteiger partial charge in [-0.3, -0.25) is 16.3 Å². The van der Waals surface area contributed by atoms with Crippen molar-refractivity contribution in [2.24, 2.45) is 5.84 Å². The first kappa shape index (κ1) is 16.6. The molecule has 1 aliphatic carbocycles. The number of thioether (sulfide) groups is 1. The van der Waals surface area contributed by atoms with E-state index in [1.807, 2.05) is 18.0 Å². The third-order valence-electron chi connectivity index (χ3n) is 3.86. The minimum Gasteiger partial charge on any atom is -0.492 e. The van der Waals surface area contributed by atoms with Crippen molar-refractivity contribution in [2.45, 2.75) is 56.7 Å². The summed E-state index contributed by atoms with van der Waals surface area (Å²) in [5.74, 6) is 7.56. The van der Waals surface area contributed by atoms with Gasteiger partial charge in [-0.1, -0.05) is 26.2 Å². The number of hydrazine groups is 1. The summed E-state index contributed by atoms with van der Waals surface area (Å²) in [6.07, 6.45) is 11.5. The molecule has 0 saturated heterocycles. The first-order chi connectivity index (χ1) is 10.3. The lowest BCUT2D eigenvalue weighted by Crippen LogP contribution is -2.30. The van der Waals surface area contributed by atoms with Gasteiger partial charge in [0.25, 0.3) is 0 Å².